The average molecular weight is 329 g/mol. The maximum Gasteiger partial charge on any atom is 0.411 e. The molecule has 1 saturated heterocycles. The number of benzene rings is 1. The molecule has 6 nitrogen and oxygen atoms in total. The topological polar surface area (TPSA) is 56.6 Å². The molecule has 2 heterocycles. The van der Waals surface area contributed by atoms with E-state index in [0.29, 0.717) is 19.2 Å². The molecule has 1 amide bonds. The highest BCUT2D eigenvalue weighted by atomic mass is 16.6. The molecule has 0 N–H and O–H groups in total. The number of carbonyl (C=O) groups excluding carboxylic acids is 1. The van der Waals surface area contributed by atoms with E-state index >= 15 is 0 Å². The van der Waals surface area contributed by atoms with Crippen LogP contribution in [-0.4, -0.2) is 32.6 Å². The van der Waals surface area contributed by atoms with Crippen LogP contribution in [0.4, 0.5) is 4.79 Å². The van der Waals surface area contributed by atoms with Gasteiger partial charge in [0, 0.05) is 18.4 Å². The number of imidazole rings is 1. The van der Waals surface area contributed by atoms with E-state index in [2.05, 4.69) is 4.98 Å². The molecule has 0 unspecified atom stereocenters. The van der Waals surface area contributed by atoms with Crippen molar-refractivity contribution < 1.29 is 14.3 Å². The first-order chi connectivity index (χ1) is 11.6. The molecule has 0 radical (unpaired) electrons. The third kappa shape index (κ3) is 3.28. The van der Waals surface area contributed by atoms with Crippen LogP contribution in [0.15, 0.2) is 42.7 Å². The molecule has 6 heteroatoms. The number of ether oxygens (including phenoxy) is 2. The number of rotatable bonds is 6. The molecule has 3 rings (SSSR count). The summed E-state index contributed by atoms with van der Waals surface area (Å²) >= 11 is 0. The van der Waals surface area contributed by atoms with Gasteiger partial charge in [0.2, 0.25) is 0 Å². The van der Waals surface area contributed by atoms with Gasteiger partial charge < -0.3 is 14.0 Å². The molecule has 1 aliphatic rings. The van der Waals surface area contributed by atoms with E-state index < -0.39 is 0 Å². The second-order valence-corrected chi connectivity index (χ2v) is 6.26. The van der Waals surface area contributed by atoms with Crippen LogP contribution >= 0.6 is 0 Å². The smallest absolute Gasteiger partial charge is 0.411 e. The lowest BCUT2D eigenvalue weighted by Crippen LogP contribution is -2.38. The van der Waals surface area contributed by atoms with Crippen molar-refractivity contribution in [1.29, 1.82) is 0 Å². The highest BCUT2D eigenvalue weighted by Crippen LogP contribution is 2.32. The van der Waals surface area contributed by atoms with E-state index in [4.69, 9.17) is 9.47 Å². The SMILES string of the molecule is CC(C)N1C(=O)O[C@H](c2nccn2COCc2ccccc2)[C@@H]1C. The van der Waals surface area contributed by atoms with E-state index in [1.807, 2.05) is 61.9 Å². The average Bonchev–Trinajstić information content (AvgIpc) is 3.12. The van der Waals surface area contributed by atoms with Crippen LogP contribution < -0.4 is 0 Å². The van der Waals surface area contributed by atoms with Gasteiger partial charge >= 0.3 is 6.09 Å². The minimum absolute atomic E-state index is 0.0622. The van der Waals surface area contributed by atoms with Gasteiger partial charge in [-0.25, -0.2) is 9.78 Å². The van der Waals surface area contributed by atoms with Gasteiger partial charge in [0.15, 0.2) is 11.9 Å². The fourth-order valence-corrected chi connectivity index (χ4v) is 3.05. The van der Waals surface area contributed by atoms with Crippen LogP contribution in [0.5, 0.6) is 0 Å². The Hall–Kier alpha value is -2.34. The monoisotopic (exact) mass is 329 g/mol. The molecule has 1 fully saturated rings. The van der Waals surface area contributed by atoms with Crippen LogP contribution in [0.3, 0.4) is 0 Å². The Morgan fingerprint density at radius 1 is 1.29 bits per heavy atom. The lowest BCUT2D eigenvalue weighted by molar-refractivity contribution is 0.0541. The Labute approximate surface area is 142 Å². The largest absolute Gasteiger partial charge is 0.436 e. The van der Waals surface area contributed by atoms with Crippen molar-refractivity contribution in [3.05, 3.63) is 54.1 Å². The van der Waals surface area contributed by atoms with Gasteiger partial charge in [0.05, 0.1) is 12.6 Å². The van der Waals surface area contributed by atoms with Crippen molar-refractivity contribution in [3.63, 3.8) is 0 Å². The van der Waals surface area contributed by atoms with E-state index in [1.54, 1.807) is 11.1 Å². The molecule has 2 aromatic rings. The molecule has 1 aliphatic heterocycles. The predicted octanol–water partition coefficient (Wildman–Crippen LogP) is 3.35. The summed E-state index contributed by atoms with van der Waals surface area (Å²) in [4.78, 5) is 18.2. The Bertz CT molecular complexity index is 684. The highest BCUT2D eigenvalue weighted by Gasteiger charge is 2.42. The van der Waals surface area contributed by atoms with Gasteiger partial charge in [-0.15, -0.1) is 0 Å². The Balaban J connectivity index is 1.66. The van der Waals surface area contributed by atoms with Crippen LogP contribution in [0.1, 0.15) is 38.3 Å². The fraction of sp³-hybridized carbons (Fsp3) is 0.444. The molecule has 1 aromatic heterocycles. The summed E-state index contributed by atoms with van der Waals surface area (Å²) in [7, 11) is 0. The van der Waals surface area contributed by atoms with Gasteiger partial charge in [0.25, 0.3) is 0 Å². The Morgan fingerprint density at radius 2 is 2.04 bits per heavy atom. The summed E-state index contributed by atoms with van der Waals surface area (Å²) in [5.74, 6) is 0.715. The molecule has 0 saturated carbocycles. The maximum absolute atomic E-state index is 12.1. The van der Waals surface area contributed by atoms with Crippen molar-refractivity contribution in [2.45, 2.75) is 52.3 Å². The van der Waals surface area contributed by atoms with Crippen molar-refractivity contribution in [3.8, 4) is 0 Å². The third-order valence-corrected chi connectivity index (χ3v) is 4.22. The molecule has 24 heavy (non-hydrogen) atoms. The molecule has 1 aromatic carbocycles. The second-order valence-electron chi connectivity index (χ2n) is 6.26. The van der Waals surface area contributed by atoms with Crippen molar-refractivity contribution >= 4 is 6.09 Å². The van der Waals surface area contributed by atoms with E-state index in [1.165, 1.54) is 0 Å². The van der Waals surface area contributed by atoms with Crippen LogP contribution in [0, 0.1) is 0 Å². The molecule has 0 aliphatic carbocycles. The quantitative estimate of drug-likeness (QED) is 0.815. The highest BCUT2D eigenvalue weighted by molar-refractivity contribution is 5.71. The summed E-state index contributed by atoms with van der Waals surface area (Å²) in [5.41, 5.74) is 1.12. The zero-order chi connectivity index (χ0) is 17.1. The number of carbonyl (C=O) groups is 1. The van der Waals surface area contributed by atoms with Gasteiger partial charge in [-0.05, 0) is 26.3 Å². The minimum Gasteiger partial charge on any atom is -0.436 e. The number of aromatic nitrogens is 2. The van der Waals surface area contributed by atoms with Crippen molar-refractivity contribution in [2.75, 3.05) is 0 Å². The summed E-state index contributed by atoms with van der Waals surface area (Å²) in [6, 6.07) is 10.0. The summed E-state index contributed by atoms with van der Waals surface area (Å²) in [5, 5.41) is 0. The van der Waals surface area contributed by atoms with Crippen molar-refractivity contribution in [1.82, 2.24) is 14.5 Å². The fourth-order valence-electron chi connectivity index (χ4n) is 3.05. The van der Waals surface area contributed by atoms with E-state index in [-0.39, 0.29) is 24.3 Å². The third-order valence-electron chi connectivity index (χ3n) is 4.22. The first-order valence-electron chi connectivity index (χ1n) is 8.19. The second kappa shape index (κ2) is 7.05. The molecule has 0 bridgehead atoms. The molecule has 128 valence electrons. The Kier molecular flexibility index (Phi) is 4.85. The molecule has 2 atom stereocenters. The first-order valence-corrected chi connectivity index (χ1v) is 8.19. The Morgan fingerprint density at radius 3 is 2.71 bits per heavy atom. The zero-order valence-electron chi connectivity index (χ0n) is 14.3. The standard InChI is InChI=1S/C18H23N3O3/c1-13(2)21-14(3)16(24-18(21)22)17-19-9-10-20(17)12-23-11-15-7-5-4-6-8-15/h4-10,13-14,16H,11-12H2,1-3H3/t14-,16-/m0/s1. The summed E-state index contributed by atoms with van der Waals surface area (Å²) < 4.78 is 13.2. The van der Waals surface area contributed by atoms with Crippen LogP contribution in [0.2, 0.25) is 0 Å². The number of cyclic esters (lactones) is 1. The zero-order valence-corrected chi connectivity index (χ0v) is 14.3. The van der Waals surface area contributed by atoms with Crippen LogP contribution in [-0.2, 0) is 22.8 Å². The first kappa shape index (κ1) is 16.5. The maximum atomic E-state index is 12.1. The normalized spacial score (nSPS) is 20.7. The number of hydrogen-bond acceptors (Lipinski definition) is 4. The number of amides is 1. The van der Waals surface area contributed by atoms with Crippen LogP contribution in [0.25, 0.3) is 0 Å². The molecule has 0 spiro atoms. The van der Waals surface area contributed by atoms with Gasteiger partial charge in [-0.3, -0.25) is 4.90 Å². The van der Waals surface area contributed by atoms with Crippen molar-refractivity contribution in [2.24, 2.45) is 0 Å². The molecular weight excluding hydrogens is 306 g/mol. The number of nitrogens with zero attached hydrogens (tertiary/aromatic N) is 3. The predicted molar refractivity (Wildman–Crippen MR) is 89.1 cm³/mol. The number of hydrogen-bond donors (Lipinski definition) is 0. The van der Waals surface area contributed by atoms with Gasteiger partial charge in [0.1, 0.15) is 6.73 Å². The van der Waals surface area contributed by atoms with E-state index in [9.17, 15) is 4.79 Å². The summed E-state index contributed by atoms with van der Waals surface area (Å²) in [6.07, 6.45) is 2.89. The lowest BCUT2D eigenvalue weighted by atomic mass is 10.1. The van der Waals surface area contributed by atoms with Gasteiger partial charge in [-0.1, -0.05) is 30.3 Å². The summed E-state index contributed by atoms with van der Waals surface area (Å²) in [6.45, 7) is 6.84. The molecular formula is C18H23N3O3. The lowest BCUT2D eigenvalue weighted by Gasteiger charge is -2.24. The van der Waals surface area contributed by atoms with E-state index in [0.717, 1.165) is 5.56 Å². The minimum atomic E-state index is -0.379. The van der Waals surface area contributed by atoms with Gasteiger partial charge in [-0.2, -0.15) is 0 Å².